The van der Waals surface area contributed by atoms with Crippen LogP contribution in [0.3, 0.4) is 0 Å². The molecule has 0 aromatic carbocycles. The van der Waals surface area contributed by atoms with Crippen LogP contribution in [0.5, 0.6) is 0 Å². The van der Waals surface area contributed by atoms with Crippen molar-refractivity contribution in [1.29, 1.82) is 0 Å². The molecule has 0 radical (unpaired) electrons. The average molecular weight is 262 g/mol. The summed E-state index contributed by atoms with van der Waals surface area (Å²) in [5.41, 5.74) is 2.74. The van der Waals surface area contributed by atoms with E-state index in [1.54, 1.807) is 7.11 Å². The van der Waals surface area contributed by atoms with Gasteiger partial charge in [-0.1, -0.05) is 13.0 Å². The number of hydrogen-bond acceptors (Lipinski definition) is 3. The van der Waals surface area contributed by atoms with Crippen molar-refractivity contribution in [3.05, 3.63) is 29.6 Å². The highest BCUT2D eigenvalue weighted by atomic mass is 16.5. The lowest BCUT2D eigenvalue weighted by molar-refractivity contribution is 0.0965. The van der Waals surface area contributed by atoms with Crippen molar-refractivity contribution in [1.82, 2.24) is 10.3 Å². The lowest BCUT2D eigenvalue weighted by atomic mass is 9.92. The Labute approximate surface area is 116 Å². The van der Waals surface area contributed by atoms with Gasteiger partial charge in [-0.25, -0.2) is 0 Å². The molecular weight excluding hydrogens is 236 g/mol. The Bertz CT molecular complexity index is 394. The monoisotopic (exact) mass is 262 g/mol. The third-order valence-corrected chi connectivity index (χ3v) is 4.13. The number of nitrogens with zero attached hydrogens (tertiary/aromatic N) is 1. The van der Waals surface area contributed by atoms with Crippen molar-refractivity contribution in [2.75, 3.05) is 13.7 Å². The maximum absolute atomic E-state index is 5.45. The van der Waals surface area contributed by atoms with E-state index in [0.29, 0.717) is 18.1 Å². The average Bonchev–Trinajstić information content (AvgIpc) is 2.87. The standard InChI is InChI=1S/C16H26N2O/c1-4-9-17-15(11-12(2)19-3)14-8-7-13-6-5-10-18-16(13)14/h5-6,10,12,14-15,17H,4,7-9,11H2,1-3H3. The quantitative estimate of drug-likeness (QED) is 0.820. The minimum atomic E-state index is 0.294. The molecule has 0 fully saturated rings. The predicted octanol–water partition coefficient (Wildman–Crippen LogP) is 2.90. The Hall–Kier alpha value is -0.930. The summed E-state index contributed by atoms with van der Waals surface area (Å²) in [7, 11) is 1.79. The zero-order chi connectivity index (χ0) is 13.7. The molecule has 1 aromatic heterocycles. The van der Waals surface area contributed by atoms with E-state index in [-0.39, 0.29) is 0 Å². The van der Waals surface area contributed by atoms with E-state index in [1.807, 2.05) is 12.3 Å². The van der Waals surface area contributed by atoms with Gasteiger partial charge < -0.3 is 10.1 Å². The summed E-state index contributed by atoms with van der Waals surface area (Å²) < 4.78 is 5.45. The number of aromatic nitrogens is 1. The Morgan fingerprint density at radius 2 is 2.37 bits per heavy atom. The van der Waals surface area contributed by atoms with E-state index in [9.17, 15) is 0 Å². The van der Waals surface area contributed by atoms with Gasteiger partial charge in [0.2, 0.25) is 0 Å². The third kappa shape index (κ3) is 3.54. The first-order valence-corrected chi connectivity index (χ1v) is 7.46. The van der Waals surface area contributed by atoms with Crippen molar-refractivity contribution in [2.45, 2.75) is 57.6 Å². The summed E-state index contributed by atoms with van der Waals surface area (Å²) in [5.74, 6) is 0.542. The van der Waals surface area contributed by atoms with Gasteiger partial charge in [-0.15, -0.1) is 0 Å². The highest BCUT2D eigenvalue weighted by Crippen LogP contribution is 2.35. The number of ether oxygens (including phenoxy) is 1. The summed E-state index contributed by atoms with van der Waals surface area (Å²) in [6.07, 6.45) is 6.82. The van der Waals surface area contributed by atoms with Crippen LogP contribution in [0, 0.1) is 0 Å². The molecule has 3 unspecified atom stereocenters. The van der Waals surface area contributed by atoms with Crippen molar-refractivity contribution in [3.8, 4) is 0 Å². The normalized spacial score (nSPS) is 21.1. The van der Waals surface area contributed by atoms with Crippen molar-refractivity contribution >= 4 is 0 Å². The molecule has 0 bridgehead atoms. The molecule has 0 amide bonds. The fourth-order valence-electron chi connectivity index (χ4n) is 3.01. The van der Waals surface area contributed by atoms with Gasteiger partial charge in [0.1, 0.15) is 0 Å². The predicted molar refractivity (Wildman–Crippen MR) is 78.5 cm³/mol. The number of fused-ring (bicyclic) bond motifs is 1. The highest BCUT2D eigenvalue weighted by molar-refractivity contribution is 5.30. The Kier molecular flexibility index (Phi) is 5.34. The molecule has 1 aliphatic carbocycles. The molecule has 0 spiro atoms. The van der Waals surface area contributed by atoms with Crippen molar-refractivity contribution in [2.24, 2.45) is 0 Å². The first kappa shape index (κ1) is 14.5. The number of aryl methyl sites for hydroxylation is 1. The molecular formula is C16H26N2O. The van der Waals surface area contributed by atoms with E-state index < -0.39 is 0 Å². The van der Waals surface area contributed by atoms with E-state index in [1.165, 1.54) is 30.5 Å². The molecule has 3 nitrogen and oxygen atoms in total. The lowest BCUT2D eigenvalue weighted by Gasteiger charge is -2.27. The van der Waals surface area contributed by atoms with Crippen LogP contribution in [0.4, 0.5) is 0 Å². The van der Waals surface area contributed by atoms with Crippen LogP contribution in [0.1, 0.15) is 50.3 Å². The molecule has 1 heterocycles. The zero-order valence-electron chi connectivity index (χ0n) is 12.4. The van der Waals surface area contributed by atoms with E-state index in [0.717, 1.165) is 13.0 Å². The molecule has 3 heteroatoms. The van der Waals surface area contributed by atoms with Gasteiger partial charge >= 0.3 is 0 Å². The summed E-state index contributed by atoms with van der Waals surface area (Å²) in [4.78, 5) is 4.62. The van der Waals surface area contributed by atoms with Gasteiger partial charge in [0, 0.05) is 31.0 Å². The molecule has 0 aliphatic heterocycles. The number of pyridine rings is 1. The van der Waals surface area contributed by atoms with Crippen LogP contribution in [-0.2, 0) is 11.2 Å². The molecule has 1 aliphatic rings. The maximum Gasteiger partial charge on any atom is 0.0558 e. The topological polar surface area (TPSA) is 34.1 Å². The minimum absolute atomic E-state index is 0.294. The summed E-state index contributed by atoms with van der Waals surface area (Å²) in [6.45, 7) is 5.43. The number of hydrogen-bond donors (Lipinski definition) is 1. The van der Waals surface area contributed by atoms with E-state index in [2.05, 4.69) is 30.2 Å². The number of rotatable bonds is 7. The van der Waals surface area contributed by atoms with Crippen molar-refractivity contribution in [3.63, 3.8) is 0 Å². The van der Waals surface area contributed by atoms with Gasteiger partial charge in [0.15, 0.2) is 0 Å². The van der Waals surface area contributed by atoms with Crippen LogP contribution in [0.25, 0.3) is 0 Å². The van der Waals surface area contributed by atoms with Crippen LogP contribution in [-0.4, -0.2) is 30.8 Å². The first-order chi connectivity index (χ1) is 9.26. The fourth-order valence-corrected chi connectivity index (χ4v) is 3.01. The lowest BCUT2D eigenvalue weighted by Crippen LogP contribution is -2.37. The van der Waals surface area contributed by atoms with Gasteiger partial charge in [-0.2, -0.15) is 0 Å². The van der Waals surface area contributed by atoms with Crippen LogP contribution in [0.2, 0.25) is 0 Å². The van der Waals surface area contributed by atoms with E-state index >= 15 is 0 Å². The summed E-state index contributed by atoms with van der Waals surface area (Å²) in [5, 5.41) is 3.70. The highest BCUT2D eigenvalue weighted by Gasteiger charge is 2.31. The maximum atomic E-state index is 5.45. The Morgan fingerprint density at radius 1 is 1.53 bits per heavy atom. The van der Waals surface area contributed by atoms with Gasteiger partial charge in [-0.3, -0.25) is 4.98 Å². The Morgan fingerprint density at radius 3 is 3.11 bits per heavy atom. The second-order valence-electron chi connectivity index (χ2n) is 5.54. The van der Waals surface area contributed by atoms with Crippen LogP contribution in [0.15, 0.2) is 18.3 Å². The molecule has 19 heavy (non-hydrogen) atoms. The largest absolute Gasteiger partial charge is 0.382 e. The van der Waals surface area contributed by atoms with Gasteiger partial charge in [-0.05, 0) is 50.8 Å². The first-order valence-electron chi connectivity index (χ1n) is 7.46. The SMILES string of the molecule is CCCNC(CC(C)OC)C1CCc2cccnc21. The molecule has 1 aromatic rings. The third-order valence-electron chi connectivity index (χ3n) is 4.13. The number of methoxy groups -OCH3 is 1. The number of nitrogens with one attached hydrogen (secondary N) is 1. The van der Waals surface area contributed by atoms with Crippen LogP contribution < -0.4 is 5.32 Å². The molecule has 1 N–H and O–H groups in total. The fraction of sp³-hybridized carbons (Fsp3) is 0.688. The smallest absolute Gasteiger partial charge is 0.0558 e. The summed E-state index contributed by atoms with van der Waals surface area (Å²) in [6, 6.07) is 4.75. The van der Waals surface area contributed by atoms with Crippen LogP contribution >= 0.6 is 0 Å². The van der Waals surface area contributed by atoms with Crippen molar-refractivity contribution < 1.29 is 4.74 Å². The van der Waals surface area contributed by atoms with Gasteiger partial charge in [0.25, 0.3) is 0 Å². The zero-order valence-corrected chi connectivity index (χ0v) is 12.4. The molecule has 0 saturated carbocycles. The molecule has 2 rings (SSSR count). The Balaban J connectivity index is 2.10. The van der Waals surface area contributed by atoms with E-state index in [4.69, 9.17) is 4.74 Å². The van der Waals surface area contributed by atoms with Gasteiger partial charge in [0.05, 0.1) is 6.10 Å². The molecule has 106 valence electrons. The summed E-state index contributed by atoms with van der Waals surface area (Å²) >= 11 is 0. The second-order valence-corrected chi connectivity index (χ2v) is 5.54. The molecule has 3 atom stereocenters. The second kappa shape index (κ2) is 7.01. The molecule has 0 saturated heterocycles. The minimum Gasteiger partial charge on any atom is -0.382 e.